The highest BCUT2D eigenvalue weighted by Gasteiger charge is 2.35. The summed E-state index contributed by atoms with van der Waals surface area (Å²) >= 11 is 1.88. The first-order valence-corrected chi connectivity index (χ1v) is 11.1. The molecule has 146 valence electrons. The second-order valence-electron chi connectivity index (χ2n) is 7.87. The molecule has 0 amide bonds. The molecule has 5 rings (SSSR count). The number of thioether (sulfide) groups is 1. The number of pyridine rings is 1. The Kier molecular flexibility index (Phi) is 4.51. The minimum atomic E-state index is -0.875. The van der Waals surface area contributed by atoms with E-state index in [4.69, 9.17) is 4.74 Å². The third-order valence-electron chi connectivity index (χ3n) is 5.82. The molecular formula is C21H24N4O2S. The molecule has 0 atom stereocenters. The van der Waals surface area contributed by atoms with E-state index in [0.717, 1.165) is 46.1 Å². The Morgan fingerprint density at radius 3 is 2.86 bits per heavy atom. The predicted molar refractivity (Wildman–Crippen MR) is 110 cm³/mol. The number of aryl methyl sites for hydroxylation is 1. The van der Waals surface area contributed by atoms with Crippen molar-refractivity contribution >= 4 is 22.8 Å². The Morgan fingerprint density at radius 2 is 2.07 bits per heavy atom. The van der Waals surface area contributed by atoms with Crippen LogP contribution >= 0.6 is 11.8 Å². The predicted octanol–water partition coefficient (Wildman–Crippen LogP) is 4.05. The van der Waals surface area contributed by atoms with Crippen molar-refractivity contribution in [2.75, 3.05) is 11.5 Å². The Hall–Kier alpha value is -2.12. The highest BCUT2D eigenvalue weighted by Crippen LogP contribution is 2.41. The second-order valence-corrected chi connectivity index (χ2v) is 9.10. The average molecular weight is 397 g/mol. The van der Waals surface area contributed by atoms with Gasteiger partial charge >= 0.3 is 0 Å². The van der Waals surface area contributed by atoms with Crippen LogP contribution < -0.4 is 4.74 Å². The highest BCUT2D eigenvalue weighted by molar-refractivity contribution is 7.99. The van der Waals surface area contributed by atoms with E-state index in [1.807, 2.05) is 47.6 Å². The summed E-state index contributed by atoms with van der Waals surface area (Å²) in [7, 11) is 0. The number of ether oxygens (including phenoxy) is 1. The Balaban J connectivity index is 1.48. The van der Waals surface area contributed by atoms with Crippen molar-refractivity contribution in [1.82, 2.24) is 20.0 Å². The number of rotatable bonds is 5. The van der Waals surface area contributed by atoms with Crippen molar-refractivity contribution in [3.8, 4) is 11.6 Å². The van der Waals surface area contributed by atoms with Crippen molar-refractivity contribution in [1.29, 1.82) is 0 Å². The number of aliphatic hydroxyl groups is 1. The Labute approximate surface area is 168 Å². The van der Waals surface area contributed by atoms with Gasteiger partial charge in [0, 0.05) is 23.9 Å². The molecule has 0 spiro atoms. The summed E-state index contributed by atoms with van der Waals surface area (Å²) in [5, 5.41) is 19.9. The maximum Gasteiger partial charge on any atom is 0.225 e. The molecule has 2 aromatic heterocycles. The molecule has 2 fully saturated rings. The summed E-state index contributed by atoms with van der Waals surface area (Å²) in [5.41, 5.74) is 2.75. The van der Waals surface area contributed by atoms with Gasteiger partial charge in [0.15, 0.2) is 0 Å². The zero-order valence-electron chi connectivity index (χ0n) is 16.0. The number of hydrogen-bond donors (Lipinski definition) is 1. The maximum absolute atomic E-state index is 11.2. The summed E-state index contributed by atoms with van der Waals surface area (Å²) in [6.45, 7) is 2.94. The second kappa shape index (κ2) is 7.04. The number of benzene rings is 1. The third-order valence-corrected chi connectivity index (χ3v) is 6.80. The van der Waals surface area contributed by atoms with Gasteiger partial charge < -0.3 is 9.84 Å². The first-order chi connectivity index (χ1) is 13.6. The molecule has 0 bridgehead atoms. The van der Waals surface area contributed by atoms with Crippen LogP contribution in [0.15, 0.2) is 30.5 Å². The molecule has 6 nitrogen and oxygen atoms in total. The summed E-state index contributed by atoms with van der Waals surface area (Å²) in [5.74, 6) is 3.82. The lowest BCUT2D eigenvalue weighted by Crippen LogP contribution is -2.31. The van der Waals surface area contributed by atoms with Crippen LogP contribution in [0.2, 0.25) is 0 Å². The maximum atomic E-state index is 11.2. The standard InChI is InChI=1S/C21H24N4O2S/c1-14-18(7-6-17-19(14)23-24-25(17)13-15-4-5-15)27-20-16(3-2-10-22-20)21(26)8-11-28-12-9-21/h2-3,6-7,10,15,26H,4-5,8-9,11-13H2,1H3. The molecule has 1 saturated carbocycles. The first kappa shape index (κ1) is 17.9. The fourth-order valence-electron chi connectivity index (χ4n) is 3.85. The molecule has 1 aliphatic carbocycles. The van der Waals surface area contributed by atoms with Crippen molar-refractivity contribution in [3.63, 3.8) is 0 Å². The van der Waals surface area contributed by atoms with Gasteiger partial charge in [0.1, 0.15) is 11.3 Å². The number of fused-ring (bicyclic) bond motifs is 1. The van der Waals surface area contributed by atoms with E-state index in [1.54, 1.807) is 6.20 Å². The normalized spacial score (nSPS) is 19.1. The van der Waals surface area contributed by atoms with E-state index in [1.165, 1.54) is 12.8 Å². The van der Waals surface area contributed by atoms with Gasteiger partial charge in [0.05, 0.1) is 11.1 Å². The number of nitrogens with zero attached hydrogens (tertiary/aromatic N) is 4. The molecule has 1 aliphatic heterocycles. The molecule has 3 aromatic rings. The van der Waals surface area contributed by atoms with E-state index in [9.17, 15) is 5.11 Å². The lowest BCUT2D eigenvalue weighted by atomic mass is 9.89. The average Bonchev–Trinajstić information content (AvgIpc) is 3.43. The van der Waals surface area contributed by atoms with Crippen LogP contribution in [-0.2, 0) is 12.1 Å². The zero-order chi connectivity index (χ0) is 19.1. The van der Waals surface area contributed by atoms with Crippen molar-refractivity contribution in [2.45, 2.75) is 44.8 Å². The molecule has 7 heteroatoms. The van der Waals surface area contributed by atoms with Gasteiger partial charge in [-0.15, -0.1) is 5.10 Å². The topological polar surface area (TPSA) is 73.1 Å². The highest BCUT2D eigenvalue weighted by atomic mass is 32.2. The zero-order valence-corrected chi connectivity index (χ0v) is 16.8. The summed E-state index contributed by atoms with van der Waals surface area (Å²) < 4.78 is 8.21. The lowest BCUT2D eigenvalue weighted by molar-refractivity contribution is 0.0256. The lowest BCUT2D eigenvalue weighted by Gasteiger charge is -2.32. The van der Waals surface area contributed by atoms with Gasteiger partial charge in [0.2, 0.25) is 5.88 Å². The molecule has 0 radical (unpaired) electrons. The smallest absolute Gasteiger partial charge is 0.225 e. The minimum Gasteiger partial charge on any atom is -0.438 e. The summed E-state index contributed by atoms with van der Waals surface area (Å²) in [6.07, 6.45) is 5.71. The minimum absolute atomic E-state index is 0.477. The number of aromatic nitrogens is 4. The molecule has 1 N–H and O–H groups in total. The molecule has 2 aliphatic rings. The van der Waals surface area contributed by atoms with Gasteiger partial charge in [-0.2, -0.15) is 11.8 Å². The third kappa shape index (κ3) is 3.26. The van der Waals surface area contributed by atoms with Gasteiger partial charge in [-0.05, 0) is 74.3 Å². The summed E-state index contributed by atoms with van der Waals surface area (Å²) in [6, 6.07) is 7.78. The van der Waals surface area contributed by atoms with Gasteiger partial charge in [0.25, 0.3) is 0 Å². The molecule has 1 aromatic carbocycles. The molecular weight excluding hydrogens is 372 g/mol. The van der Waals surface area contributed by atoms with Crippen molar-refractivity contribution in [3.05, 3.63) is 41.6 Å². The van der Waals surface area contributed by atoms with Crippen LogP contribution in [0.3, 0.4) is 0 Å². The van der Waals surface area contributed by atoms with Gasteiger partial charge in [-0.25, -0.2) is 9.67 Å². The van der Waals surface area contributed by atoms with Crippen LogP contribution in [0, 0.1) is 12.8 Å². The largest absolute Gasteiger partial charge is 0.438 e. The fourth-order valence-corrected chi connectivity index (χ4v) is 5.02. The van der Waals surface area contributed by atoms with E-state index < -0.39 is 5.60 Å². The number of hydrogen-bond acceptors (Lipinski definition) is 6. The molecule has 1 saturated heterocycles. The molecule has 3 heterocycles. The summed E-state index contributed by atoms with van der Waals surface area (Å²) in [4.78, 5) is 4.44. The first-order valence-electron chi connectivity index (χ1n) is 9.90. The van der Waals surface area contributed by atoms with E-state index in [0.29, 0.717) is 24.5 Å². The van der Waals surface area contributed by atoms with Crippen LogP contribution in [0.25, 0.3) is 11.0 Å². The fraction of sp³-hybridized carbons (Fsp3) is 0.476. The monoisotopic (exact) mass is 396 g/mol. The van der Waals surface area contributed by atoms with Crippen LogP contribution in [0.1, 0.15) is 36.8 Å². The van der Waals surface area contributed by atoms with Crippen LogP contribution in [-0.4, -0.2) is 36.6 Å². The molecule has 0 unspecified atom stereocenters. The Morgan fingerprint density at radius 1 is 1.25 bits per heavy atom. The van der Waals surface area contributed by atoms with E-state index in [2.05, 4.69) is 15.3 Å². The van der Waals surface area contributed by atoms with E-state index in [-0.39, 0.29) is 0 Å². The van der Waals surface area contributed by atoms with Gasteiger partial charge in [-0.1, -0.05) is 5.21 Å². The Bertz CT molecular complexity index is 1010. The molecule has 28 heavy (non-hydrogen) atoms. The van der Waals surface area contributed by atoms with E-state index >= 15 is 0 Å². The van der Waals surface area contributed by atoms with Crippen molar-refractivity contribution < 1.29 is 9.84 Å². The van der Waals surface area contributed by atoms with Gasteiger partial charge in [-0.3, -0.25) is 0 Å². The van der Waals surface area contributed by atoms with Crippen LogP contribution in [0.4, 0.5) is 0 Å². The van der Waals surface area contributed by atoms with Crippen molar-refractivity contribution in [2.24, 2.45) is 5.92 Å². The quantitative estimate of drug-likeness (QED) is 0.701. The van der Waals surface area contributed by atoms with Crippen LogP contribution in [0.5, 0.6) is 11.6 Å². The SMILES string of the molecule is Cc1c(Oc2ncccc2C2(O)CCSCC2)ccc2c1nnn2CC1CC1.